The maximum atomic E-state index is 11.7. The molecule has 1 aliphatic heterocycles. The Balaban J connectivity index is 2.78. The molecule has 1 aliphatic rings. The molecule has 23 heavy (non-hydrogen) atoms. The molecular weight excluding hydrogens is 292 g/mol. The molecule has 0 fully saturated rings. The van der Waals surface area contributed by atoms with Gasteiger partial charge in [0.25, 0.3) is 0 Å². The third kappa shape index (κ3) is 6.27. The summed E-state index contributed by atoms with van der Waals surface area (Å²) in [5.74, 6) is 0.357. The zero-order chi connectivity index (χ0) is 17.3. The Morgan fingerprint density at radius 3 is 2.65 bits per heavy atom. The van der Waals surface area contributed by atoms with Gasteiger partial charge < -0.3 is 4.74 Å². The van der Waals surface area contributed by atoms with Crippen LogP contribution in [0, 0.1) is 5.92 Å². The fourth-order valence-electron chi connectivity index (χ4n) is 3.18. The molecule has 0 radical (unpaired) electrons. The predicted octanol–water partition coefficient (Wildman–Crippen LogP) is 4.97. The molecular formula is C19H34O4. The topological polar surface area (TPSA) is 44.8 Å². The van der Waals surface area contributed by atoms with Crippen molar-refractivity contribution in [2.24, 2.45) is 5.92 Å². The van der Waals surface area contributed by atoms with Crippen molar-refractivity contribution in [2.75, 3.05) is 6.61 Å². The van der Waals surface area contributed by atoms with Gasteiger partial charge in [0.05, 0.1) is 13.0 Å². The van der Waals surface area contributed by atoms with E-state index in [0.29, 0.717) is 12.5 Å². The van der Waals surface area contributed by atoms with Crippen molar-refractivity contribution in [3.63, 3.8) is 0 Å². The Kier molecular flexibility index (Phi) is 8.85. The lowest BCUT2D eigenvalue weighted by Gasteiger charge is -2.38. The third-order valence-corrected chi connectivity index (χ3v) is 4.60. The van der Waals surface area contributed by atoms with E-state index in [1.165, 1.54) is 19.3 Å². The van der Waals surface area contributed by atoms with Crippen LogP contribution in [0.3, 0.4) is 0 Å². The molecule has 0 aromatic heterocycles. The molecule has 3 atom stereocenters. The summed E-state index contributed by atoms with van der Waals surface area (Å²) in [6.45, 7) is 10.9. The van der Waals surface area contributed by atoms with Gasteiger partial charge in [-0.05, 0) is 43.8 Å². The van der Waals surface area contributed by atoms with Crippen molar-refractivity contribution in [2.45, 2.75) is 91.3 Å². The van der Waals surface area contributed by atoms with Gasteiger partial charge in [-0.25, -0.2) is 9.78 Å². The van der Waals surface area contributed by atoms with E-state index in [9.17, 15) is 4.79 Å². The molecule has 1 rings (SSSR count). The van der Waals surface area contributed by atoms with E-state index in [0.717, 1.165) is 24.8 Å². The van der Waals surface area contributed by atoms with Crippen molar-refractivity contribution in [3.8, 4) is 0 Å². The predicted molar refractivity (Wildman–Crippen MR) is 91.9 cm³/mol. The standard InChI is InChI=1S/C19H34O4/c1-6-10-11-15(5)13-19(8-3)14-16(7-2)17(22-23-19)12-18(20)21-9-4/h14-15,17H,6-13H2,1-5H3/t15-,17-,19+/m0/s1. The average molecular weight is 326 g/mol. The first-order chi connectivity index (χ1) is 11.0. The molecule has 0 aliphatic carbocycles. The second-order valence-electron chi connectivity index (χ2n) is 6.62. The van der Waals surface area contributed by atoms with Crippen molar-refractivity contribution >= 4 is 5.97 Å². The van der Waals surface area contributed by atoms with Crippen LogP contribution < -0.4 is 0 Å². The van der Waals surface area contributed by atoms with E-state index in [1.54, 1.807) is 0 Å². The number of carbonyl (C=O) groups excluding carboxylic acids is 1. The molecule has 0 amide bonds. The first-order valence-corrected chi connectivity index (χ1v) is 9.21. The lowest BCUT2D eigenvalue weighted by Crippen LogP contribution is -2.40. The summed E-state index contributed by atoms with van der Waals surface area (Å²) < 4.78 is 5.02. The van der Waals surface area contributed by atoms with Gasteiger partial charge >= 0.3 is 5.97 Å². The normalized spacial score (nSPS) is 25.8. The molecule has 1 heterocycles. The first-order valence-electron chi connectivity index (χ1n) is 9.21. The zero-order valence-corrected chi connectivity index (χ0v) is 15.5. The largest absolute Gasteiger partial charge is 0.466 e. The van der Waals surface area contributed by atoms with Crippen LogP contribution in [-0.4, -0.2) is 24.3 Å². The van der Waals surface area contributed by atoms with Gasteiger partial charge in [0.15, 0.2) is 0 Å². The summed E-state index contributed by atoms with van der Waals surface area (Å²) in [5.41, 5.74) is 0.790. The second-order valence-corrected chi connectivity index (χ2v) is 6.62. The number of unbranched alkanes of at least 4 members (excludes halogenated alkanes) is 1. The molecule has 0 saturated carbocycles. The molecule has 0 bridgehead atoms. The molecule has 0 aromatic rings. The number of hydrogen-bond donors (Lipinski definition) is 0. The zero-order valence-electron chi connectivity index (χ0n) is 15.5. The highest BCUT2D eigenvalue weighted by Crippen LogP contribution is 2.36. The van der Waals surface area contributed by atoms with Crippen LogP contribution >= 0.6 is 0 Å². The summed E-state index contributed by atoms with van der Waals surface area (Å²) in [4.78, 5) is 23.2. The lowest BCUT2D eigenvalue weighted by atomic mass is 9.83. The third-order valence-electron chi connectivity index (χ3n) is 4.60. The maximum absolute atomic E-state index is 11.7. The minimum absolute atomic E-state index is 0.221. The lowest BCUT2D eigenvalue weighted by molar-refractivity contribution is -0.378. The summed E-state index contributed by atoms with van der Waals surface area (Å²) in [5, 5.41) is 0. The van der Waals surface area contributed by atoms with Gasteiger partial charge in [0, 0.05) is 0 Å². The highest BCUT2D eigenvalue weighted by molar-refractivity contribution is 5.70. The summed E-state index contributed by atoms with van der Waals surface area (Å²) >= 11 is 0. The minimum atomic E-state index is -0.357. The van der Waals surface area contributed by atoms with E-state index in [2.05, 4.69) is 33.8 Å². The van der Waals surface area contributed by atoms with Crippen molar-refractivity contribution in [1.29, 1.82) is 0 Å². The summed E-state index contributed by atoms with van der Waals surface area (Å²) in [6, 6.07) is 0. The van der Waals surface area contributed by atoms with Crippen LogP contribution in [0.4, 0.5) is 0 Å². The van der Waals surface area contributed by atoms with Gasteiger partial charge in [-0.3, -0.25) is 4.79 Å². The number of rotatable bonds is 10. The summed E-state index contributed by atoms with van der Waals surface area (Å²) in [6.07, 6.45) is 8.49. The number of hydrogen-bond acceptors (Lipinski definition) is 4. The van der Waals surface area contributed by atoms with Crippen LogP contribution in [-0.2, 0) is 19.3 Å². The van der Waals surface area contributed by atoms with Crippen molar-refractivity contribution in [1.82, 2.24) is 0 Å². The van der Waals surface area contributed by atoms with Gasteiger partial charge in [-0.15, -0.1) is 0 Å². The molecule has 0 N–H and O–H groups in total. The highest BCUT2D eigenvalue weighted by Gasteiger charge is 2.37. The van der Waals surface area contributed by atoms with Crippen LogP contribution in [0.15, 0.2) is 11.6 Å². The van der Waals surface area contributed by atoms with Crippen LogP contribution in [0.25, 0.3) is 0 Å². The molecule has 0 spiro atoms. The number of carbonyl (C=O) groups is 1. The van der Waals surface area contributed by atoms with Crippen molar-refractivity contribution in [3.05, 3.63) is 11.6 Å². The first kappa shape index (κ1) is 20.2. The monoisotopic (exact) mass is 326 g/mol. The highest BCUT2D eigenvalue weighted by atomic mass is 17.2. The fourth-order valence-corrected chi connectivity index (χ4v) is 3.18. The average Bonchev–Trinajstić information content (AvgIpc) is 2.54. The SMILES string of the molecule is CCCC[C@H](C)C[C@]1(CC)C=C(CC)[C@H](CC(=O)OCC)OO1. The Labute approximate surface area is 141 Å². The van der Waals surface area contributed by atoms with Crippen LogP contribution in [0.2, 0.25) is 0 Å². The Morgan fingerprint density at radius 2 is 2.09 bits per heavy atom. The van der Waals surface area contributed by atoms with Crippen LogP contribution in [0.5, 0.6) is 0 Å². The molecule has 4 heteroatoms. The van der Waals surface area contributed by atoms with Crippen LogP contribution in [0.1, 0.15) is 79.6 Å². The van der Waals surface area contributed by atoms with Gasteiger partial charge in [-0.2, -0.15) is 0 Å². The number of esters is 1. The Morgan fingerprint density at radius 1 is 1.35 bits per heavy atom. The molecule has 4 nitrogen and oxygen atoms in total. The maximum Gasteiger partial charge on any atom is 0.308 e. The number of ether oxygens (including phenoxy) is 1. The van der Waals surface area contributed by atoms with Gasteiger partial charge in [-0.1, -0.05) is 47.0 Å². The molecule has 0 unspecified atom stereocenters. The summed E-state index contributed by atoms with van der Waals surface area (Å²) in [7, 11) is 0. The molecule has 134 valence electrons. The van der Waals surface area contributed by atoms with E-state index in [-0.39, 0.29) is 24.1 Å². The van der Waals surface area contributed by atoms with Gasteiger partial charge in [0.2, 0.25) is 0 Å². The van der Waals surface area contributed by atoms with E-state index in [4.69, 9.17) is 14.5 Å². The van der Waals surface area contributed by atoms with E-state index < -0.39 is 0 Å². The van der Waals surface area contributed by atoms with E-state index >= 15 is 0 Å². The quantitative estimate of drug-likeness (QED) is 0.323. The smallest absolute Gasteiger partial charge is 0.308 e. The van der Waals surface area contributed by atoms with E-state index in [1.807, 2.05) is 6.92 Å². The Bertz CT molecular complexity index is 391. The molecule has 0 saturated heterocycles. The molecule has 0 aromatic carbocycles. The van der Waals surface area contributed by atoms with Gasteiger partial charge in [0.1, 0.15) is 11.7 Å². The second kappa shape index (κ2) is 10.1. The fraction of sp³-hybridized carbons (Fsp3) is 0.842. The Hall–Kier alpha value is -0.870. The minimum Gasteiger partial charge on any atom is -0.466 e. The van der Waals surface area contributed by atoms with Crippen molar-refractivity contribution < 1.29 is 19.3 Å².